The van der Waals surface area contributed by atoms with E-state index in [4.69, 9.17) is 11.6 Å². The molecule has 0 radical (unpaired) electrons. The van der Waals surface area contributed by atoms with Crippen LogP contribution in [0.25, 0.3) is 11.0 Å². The van der Waals surface area contributed by atoms with E-state index in [2.05, 4.69) is 14.1 Å². The molecule has 17 heavy (non-hydrogen) atoms. The van der Waals surface area contributed by atoms with E-state index in [-0.39, 0.29) is 5.91 Å². The van der Waals surface area contributed by atoms with Crippen molar-refractivity contribution in [1.82, 2.24) is 8.75 Å². The number of hydrogen-bond acceptors (Lipinski definition) is 4. The van der Waals surface area contributed by atoms with Crippen LogP contribution in [0.5, 0.6) is 0 Å². The Labute approximate surface area is 108 Å². The molecule has 1 N–H and O–H groups in total. The van der Waals surface area contributed by atoms with Crippen LogP contribution >= 0.6 is 23.3 Å². The monoisotopic (exact) mass is 269 g/mol. The summed E-state index contributed by atoms with van der Waals surface area (Å²) in [6.45, 7) is 5.53. The van der Waals surface area contributed by atoms with Crippen LogP contribution in [0, 0.1) is 5.41 Å². The van der Waals surface area contributed by atoms with Gasteiger partial charge in [0, 0.05) is 5.41 Å². The SMILES string of the molecule is CC(C)(C)C(=O)Nc1c(Cl)ccc2nsnc12. The van der Waals surface area contributed by atoms with E-state index in [9.17, 15) is 4.79 Å². The molecule has 6 heteroatoms. The summed E-state index contributed by atoms with van der Waals surface area (Å²) in [6.07, 6.45) is 0. The molecule has 0 aliphatic heterocycles. The maximum Gasteiger partial charge on any atom is 0.229 e. The summed E-state index contributed by atoms with van der Waals surface area (Å²) in [6, 6.07) is 3.50. The highest BCUT2D eigenvalue weighted by atomic mass is 35.5. The molecular weight excluding hydrogens is 258 g/mol. The van der Waals surface area contributed by atoms with E-state index < -0.39 is 5.41 Å². The molecule has 0 fully saturated rings. The summed E-state index contributed by atoms with van der Waals surface area (Å²) in [5.41, 5.74) is 1.44. The maximum atomic E-state index is 11.9. The third kappa shape index (κ3) is 2.40. The number of aromatic nitrogens is 2. The second-order valence-corrected chi connectivity index (χ2v) is 5.69. The fourth-order valence-electron chi connectivity index (χ4n) is 1.25. The van der Waals surface area contributed by atoms with Crippen molar-refractivity contribution in [3.63, 3.8) is 0 Å². The first-order valence-electron chi connectivity index (χ1n) is 5.12. The van der Waals surface area contributed by atoms with Crippen molar-refractivity contribution < 1.29 is 4.79 Å². The molecule has 1 aromatic heterocycles. The van der Waals surface area contributed by atoms with Crippen molar-refractivity contribution in [2.24, 2.45) is 5.41 Å². The molecule has 0 bridgehead atoms. The molecule has 2 rings (SSSR count). The lowest BCUT2D eigenvalue weighted by Gasteiger charge is -2.18. The highest BCUT2D eigenvalue weighted by Gasteiger charge is 2.23. The van der Waals surface area contributed by atoms with Gasteiger partial charge in [-0.2, -0.15) is 8.75 Å². The Balaban J connectivity index is 2.45. The molecule has 0 saturated carbocycles. The van der Waals surface area contributed by atoms with Crippen LogP contribution in [0.1, 0.15) is 20.8 Å². The summed E-state index contributed by atoms with van der Waals surface area (Å²) in [4.78, 5) is 11.9. The average molecular weight is 270 g/mol. The summed E-state index contributed by atoms with van der Waals surface area (Å²) >= 11 is 7.18. The summed E-state index contributed by atoms with van der Waals surface area (Å²) < 4.78 is 8.26. The first-order valence-corrected chi connectivity index (χ1v) is 6.22. The number of nitrogens with one attached hydrogen (secondary N) is 1. The van der Waals surface area contributed by atoms with Gasteiger partial charge >= 0.3 is 0 Å². The zero-order valence-electron chi connectivity index (χ0n) is 9.74. The van der Waals surface area contributed by atoms with E-state index in [0.717, 1.165) is 17.2 Å². The molecule has 2 aromatic rings. The van der Waals surface area contributed by atoms with Crippen LogP contribution in [0.15, 0.2) is 12.1 Å². The van der Waals surface area contributed by atoms with E-state index in [0.29, 0.717) is 16.2 Å². The predicted octanol–water partition coefficient (Wildman–Crippen LogP) is 3.33. The lowest BCUT2D eigenvalue weighted by molar-refractivity contribution is -0.123. The average Bonchev–Trinajstić information content (AvgIpc) is 2.68. The molecule has 1 heterocycles. The Bertz CT molecular complexity index is 574. The van der Waals surface area contributed by atoms with Crippen molar-refractivity contribution in [3.05, 3.63) is 17.2 Å². The normalized spacial score (nSPS) is 11.8. The van der Waals surface area contributed by atoms with Crippen LogP contribution in [-0.2, 0) is 4.79 Å². The Morgan fingerprint density at radius 3 is 2.71 bits per heavy atom. The number of nitrogens with zero attached hydrogens (tertiary/aromatic N) is 2. The number of hydrogen-bond donors (Lipinski definition) is 1. The molecule has 90 valence electrons. The number of amides is 1. The van der Waals surface area contributed by atoms with Gasteiger partial charge in [-0.15, -0.1) is 0 Å². The molecule has 0 unspecified atom stereocenters. The summed E-state index contributed by atoms with van der Waals surface area (Å²) in [7, 11) is 0. The Morgan fingerprint density at radius 1 is 1.35 bits per heavy atom. The van der Waals surface area contributed by atoms with Gasteiger partial charge in [0.15, 0.2) is 0 Å². The van der Waals surface area contributed by atoms with Crippen LogP contribution in [0.3, 0.4) is 0 Å². The molecular formula is C11H12ClN3OS. The topological polar surface area (TPSA) is 54.9 Å². The van der Waals surface area contributed by atoms with E-state index in [1.165, 1.54) is 0 Å². The van der Waals surface area contributed by atoms with Crippen molar-refractivity contribution >= 4 is 46.0 Å². The fraction of sp³-hybridized carbons (Fsp3) is 0.364. The molecule has 0 aliphatic carbocycles. The minimum Gasteiger partial charge on any atom is -0.322 e. The number of fused-ring (bicyclic) bond motifs is 1. The Morgan fingerprint density at radius 2 is 2.06 bits per heavy atom. The zero-order chi connectivity index (χ0) is 12.6. The minimum absolute atomic E-state index is 0.0973. The standard InChI is InChI=1S/C11H12ClN3OS/c1-11(2,3)10(16)13-8-6(12)4-5-7-9(8)15-17-14-7/h4-5H,1-3H3,(H,13,16). The molecule has 4 nitrogen and oxygen atoms in total. The van der Waals surface area contributed by atoms with Crippen molar-refractivity contribution in [3.8, 4) is 0 Å². The van der Waals surface area contributed by atoms with Gasteiger partial charge in [0.05, 0.1) is 22.4 Å². The number of carbonyl (C=O) groups excluding carboxylic acids is 1. The Hall–Kier alpha value is -1.20. The van der Waals surface area contributed by atoms with Gasteiger partial charge in [0.25, 0.3) is 0 Å². The maximum absolute atomic E-state index is 11.9. The molecule has 0 spiro atoms. The highest BCUT2D eigenvalue weighted by molar-refractivity contribution is 7.00. The number of anilines is 1. The molecule has 1 aromatic carbocycles. The van der Waals surface area contributed by atoms with Gasteiger partial charge in [-0.3, -0.25) is 4.79 Å². The first kappa shape index (κ1) is 12.3. The zero-order valence-corrected chi connectivity index (χ0v) is 11.3. The molecule has 0 aliphatic rings. The molecule has 1 amide bonds. The van der Waals surface area contributed by atoms with Crippen LogP contribution in [0.2, 0.25) is 5.02 Å². The van der Waals surface area contributed by atoms with Gasteiger partial charge in [-0.1, -0.05) is 32.4 Å². The number of benzene rings is 1. The largest absolute Gasteiger partial charge is 0.322 e. The molecule has 0 saturated heterocycles. The minimum atomic E-state index is -0.477. The van der Waals surface area contributed by atoms with Gasteiger partial charge in [0.1, 0.15) is 11.0 Å². The van der Waals surface area contributed by atoms with E-state index in [1.54, 1.807) is 12.1 Å². The second kappa shape index (κ2) is 4.23. The van der Waals surface area contributed by atoms with Gasteiger partial charge in [-0.25, -0.2) is 0 Å². The smallest absolute Gasteiger partial charge is 0.229 e. The van der Waals surface area contributed by atoms with Gasteiger partial charge in [-0.05, 0) is 12.1 Å². The summed E-state index contributed by atoms with van der Waals surface area (Å²) in [5, 5.41) is 3.29. The number of carbonyl (C=O) groups is 1. The van der Waals surface area contributed by atoms with Crippen molar-refractivity contribution in [2.75, 3.05) is 5.32 Å². The lowest BCUT2D eigenvalue weighted by atomic mass is 9.95. The second-order valence-electron chi connectivity index (χ2n) is 4.76. The highest BCUT2D eigenvalue weighted by Crippen LogP contribution is 2.31. The predicted molar refractivity (Wildman–Crippen MR) is 70.5 cm³/mol. The van der Waals surface area contributed by atoms with E-state index >= 15 is 0 Å². The van der Waals surface area contributed by atoms with Crippen LogP contribution in [-0.4, -0.2) is 14.7 Å². The van der Waals surface area contributed by atoms with E-state index in [1.807, 2.05) is 20.8 Å². The Kier molecular flexibility index (Phi) is 3.05. The van der Waals surface area contributed by atoms with Crippen molar-refractivity contribution in [1.29, 1.82) is 0 Å². The number of rotatable bonds is 1. The number of halogens is 1. The first-order chi connectivity index (χ1) is 7.89. The third-order valence-electron chi connectivity index (χ3n) is 2.30. The van der Waals surface area contributed by atoms with Crippen LogP contribution in [0.4, 0.5) is 5.69 Å². The van der Waals surface area contributed by atoms with Gasteiger partial charge < -0.3 is 5.32 Å². The molecule has 0 atom stereocenters. The summed E-state index contributed by atoms with van der Waals surface area (Å²) in [5.74, 6) is -0.0973. The van der Waals surface area contributed by atoms with Gasteiger partial charge in [0.2, 0.25) is 5.91 Å². The van der Waals surface area contributed by atoms with Crippen LogP contribution < -0.4 is 5.32 Å². The quantitative estimate of drug-likeness (QED) is 0.864. The van der Waals surface area contributed by atoms with Crippen molar-refractivity contribution in [2.45, 2.75) is 20.8 Å². The third-order valence-corrected chi connectivity index (χ3v) is 3.15. The fourth-order valence-corrected chi connectivity index (χ4v) is 1.99. The lowest BCUT2D eigenvalue weighted by Crippen LogP contribution is -2.27.